The molecular weight excluding hydrogens is 176 g/mol. The van der Waals surface area contributed by atoms with E-state index in [2.05, 4.69) is 11.1 Å². The monoisotopic (exact) mass is 190 g/mol. The van der Waals surface area contributed by atoms with Gasteiger partial charge >= 0.3 is 0 Å². The van der Waals surface area contributed by atoms with Gasteiger partial charge in [-0.3, -0.25) is 0 Å². The summed E-state index contributed by atoms with van der Waals surface area (Å²) >= 11 is 0. The number of nitrogen functional groups attached to an aromatic ring is 1. The Morgan fingerprint density at radius 3 is 3.00 bits per heavy atom. The normalized spacial score (nSPS) is 11.8. The SMILES string of the molecule is CC(C#N)CN(C)c1ccnc(N)c1. The maximum atomic E-state index is 8.67. The number of hydrogen-bond donors (Lipinski definition) is 1. The largest absolute Gasteiger partial charge is 0.384 e. The van der Waals surface area contributed by atoms with Crippen molar-refractivity contribution < 1.29 is 0 Å². The number of rotatable bonds is 3. The average Bonchev–Trinajstić information content (AvgIpc) is 2.17. The van der Waals surface area contributed by atoms with Gasteiger partial charge in [0, 0.05) is 31.5 Å². The summed E-state index contributed by atoms with van der Waals surface area (Å²) < 4.78 is 0. The minimum atomic E-state index is 0.00869. The summed E-state index contributed by atoms with van der Waals surface area (Å²) in [5.41, 5.74) is 6.54. The second-order valence-corrected chi connectivity index (χ2v) is 3.35. The number of nitrogens with zero attached hydrogens (tertiary/aromatic N) is 3. The van der Waals surface area contributed by atoms with Crippen molar-refractivity contribution in [1.29, 1.82) is 5.26 Å². The van der Waals surface area contributed by atoms with Crippen LogP contribution in [0.25, 0.3) is 0 Å². The molecule has 0 bridgehead atoms. The van der Waals surface area contributed by atoms with E-state index in [1.54, 1.807) is 12.3 Å². The lowest BCUT2D eigenvalue weighted by molar-refractivity contribution is 0.716. The molecular formula is C10H14N4. The third kappa shape index (κ3) is 2.63. The van der Waals surface area contributed by atoms with E-state index in [9.17, 15) is 0 Å². The van der Waals surface area contributed by atoms with Gasteiger partial charge < -0.3 is 10.6 Å². The highest BCUT2D eigenvalue weighted by Crippen LogP contribution is 2.14. The fraction of sp³-hybridized carbons (Fsp3) is 0.400. The quantitative estimate of drug-likeness (QED) is 0.779. The molecule has 0 aliphatic heterocycles. The van der Waals surface area contributed by atoms with Crippen LogP contribution in [-0.2, 0) is 0 Å². The molecule has 2 N–H and O–H groups in total. The molecule has 0 saturated heterocycles. The van der Waals surface area contributed by atoms with Crippen LogP contribution in [0.3, 0.4) is 0 Å². The van der Waals surface area contributed by atoms with E-state index in [0.29, 0.717) is 12.4 Å². The highest BCUT2D eigenvalue weighted by Gasteiger charge is 2.06. The van der Waals surface area contributed by atoms with E-state index >= 15 is 0 Å². The third-order valence-electron chi connectivity index (χ3n) is 1.97. The van der Waals surface area contributed by atoms with Crippen molar-refractivity contribution in [2.75, 3.05) is 24.2 Å². The highest BCUT2D eigenvalue weighted by molar-refractivity contribution is 5.51. The topological polar surface area (TPSA) is 65.9 Å². The van der Waals surface area contributed by atoms with Crippen molar-refractivity contribution in [3.8, 4) is 6.07 Å². The molecule has 0 radical (unpaired) electrons. The number of nitrogens with two attached hydrogens (primary N) is 1. The standard InChI is InChI=1S/C10H14N4/c1-8(6-11)7-14(2)9-3-4-13-10(12)5-9/h3-5,8H,7H2,1-2H3,(H2,12,13). The van der Waals surface area contributed by atoms with E-state index in [0.717, 1.165) is 5.69 Å². The van der Waals surface area contributed by atoms with Crippen LogP contribution in [0.15, 0.2) is 18.3 Å². The first-order chi connectivity index (χ1) is 6.63. The molecule has 4 heteroatoms. The van der Waals surface area contributed by atoms with Crippen LogP contribution in [0.4, 0.5) is 11.5 Å². The van der Waals surface area contributed by atoms with Crippen molar-refractivity contribution in [1.82, 2.24) is 4.98 Å². The minimum Gasteiger partial charge on any atom is -0.384 e. The summed E-state index contributed by atoms with van der Waals surface area (Å²) in [5, 5.41) is 8.67. The Morgan fingerprint density at radius 2 is 2.43 bits per heavy atom. The summed E-state index contributed by atoms with van der Waals surface area (Å²) in [5.74, 6) is 0.508. The first kappa shape index (κ1) is 10.3. The molecule has 4 nitrogen and oxygen atoms in total. The Balaban J connectivity index is 2.70. The van der Waals surface area contributed by atoms with Gasteiger partial charge in [-0.05, 0) is 13.0 Å². The van der Waals surface area contributed by atoms with E-state index in [-0.39, 0.29) is 5.92 Å². The summed E-state index contributed by atoms with van der Waals surface area (Å²) in [4.78, 5) is 5.90. The fourth-order valence-corrected chi connectivity index (χ4v) is 1.23. The predicted molar refractivity (Wildman–Crippen MR) is 56.7 cm³/mol. The van der Waals surface area contributed by atoms with Gasteiger partial charge in [-0.2, -0.15) is 5.26 Å². The van der Waals surface area contributed by atoms with E-state index in [1.807, 2.05) is 24.9 Å². The maximum Gasteiger partial charge on any atom is 0.125 e. The Kier molecular flexibility index (Phi) is 3.29. The van der Waals surface area contributed by atoms with Gasteiger partial charge in [-0.15, -0.1) is 0 Å². The van der Waals surface area contributed by atoms with E-state index in [4.69, 9.17) is 11.0 Å². The number of hydrogen-bond acceptors (Lipinski definition) is 4. The molecule has 1 rings (SSSR count). The van der Waals surface area contributed by atoms with Crippen molar-refractivity contribution in [2.45, 2.75) is 6.92 Å². The predicted octanol–water partition coefficient (Wildman–Crippen LogP) is 1.26. The molecule has 1 unspecified atom stereocenters. The first-order valence-electron chi connectivity index (χ1n) is 4.45. The van der Waals surface area contributed by atoms with Gasteiger partial charge in [0.2, 0.25) is 0 Å². The van der Waals surface area contributed by atoms with E-state index in [1.165, 1.54) is 0 Å². The molecule has 1 heterocycles. The Hall–Kier alpha value is -1.76. The molecule has 1 aromatic rings. The zero-order chi connectivity index (χ0) is 10.6. The lowest BCUT2D eigenvalue weighted by atomic mass is 10.2. The van der Waals surface area contributed by atoms with Crippen LogP contribution in [0.2, 0.25) is 0 Å². The number of aromatic nitrogens is 1. The molecule has 14 heavy (non-hydrogen) atoms. The number of pyridine rings is 1. The van der Waals surface area contributed by atoms with Crippen LogP contribution in [0, 0.1) is 17.2 Å². The Labute approximate surface area is 84.0 Å². The summed E-state index contributed by atoms with van der Waals surface area (Å²) in [6.07, 6.45) is 1.66. The zero-order valence-corrected chi connectivity index (χ0v) is 8.44. The van der Waals surface area contributed by atoms with Gasteiger partial charge in [0.05, 0.1) is 12.0 Å². The molecule has 0 amide bonds. The lowest BCUT2D eigenvalue weighted by Gasteiger charge is -2.20. The van der Waals surface area contributed by atoms with Crippen molar-refractivity contribution in [3.05, 3.63) is 18.3 Å². The fourth-order valence-electron chi connectivity index (χ4n) is 1.23. The second-order valence-electron chi connectivity index (χ2n) is 3.35. The van der Waals surface area contributed by atoms with Crippen molar-refractivity contribution in [2.24, 2.45) is 5.92 Å². The second kappa shape index (κ2) is 4.47. The molecule has 0 spiro atoms. The first-order valence-corrected chi connectivity index (χ1v) is 4.45. The van der Waals surface area contributed by atoms with Crippen LogP contribution < -0.4 is 10.6 Å². The van der Waals surface area contributed by atoms with Gasteiger partial charge in [0.25, 0.3) is 0 Å². The summed E-state index contributed by atoms with van der Waals surface area (Å²) in [6, 6.07) is 5.86. The average molecular weight is 190 g/mol. The van der Waals surface area contributed by atoms with Gasteiger partial charge in [0.1, 0.15) is 5.82 Å². The van der Waals surface area contributed by atoms with Crippen molar-refractivity contribution in [3.63, 3.8) is 0 Å². The smallest absolute Gasteiger partial charge is 0.125 e. The highest BCUT2D eigenvalue weighted by atomic mass is 15.1. The molecule has 0 aromatic carbocycles. The molecule has 0 saturated carbocycles. The Bertz CT molecular complexity index is 342. The molecule has 0 fully saturated rings. The zero-order valence-electron chi connectivity index (χ0n) is 8.44. The molecule has 74 valence electrons. The maximum absolute atomic E-state index is 8.67. The summed E-state index contributed by atoms with van der Waals surface area (Å²) in [6.45, 7) is 2.58. The lowest BCUT2D eigenvalue weighted by Crippen LogP contribution is -2.23. The minimum absolute atomic E-state index is 0.00869. The van der Waals surface area contributed by atoms with Gasteiger partial charge in [0.15, 0.2) is 0 Å². The van der Waals surface area contributed by atoms with Gasteiger partial charge in [-0.25, -0.2) is 4.98 Å². The van der Waals surface area contributed by atoms with Crippen LogP contribution >= 0.6 is 0 Å². The molecule has 0 aliphatic rings. The summed E-state index contributed by atoms with van der Waals surface area (Å²) in [7, 11) is 1.93. The molecule has 1 aromatic heterocycles. The van der Waals surface area contributed by atoms with Crippen LogP contribution in [0.5, 0.6) is 0 Å². The van der Waals surface area contributed by atoms with Crippen LogP contribution in [0.1, 0.15) is 6.92 Å². The van der Waals surface area contributed by atoms with E-state index < -0.39 is 0 Å². The van der Waals surface area contributed by atoms with Crippen LogP contribution in [-0.4, -0.2) is 18.6 Å². The number of nitriles is 1. The van der Waals surface area contributed by atoms with Crippen molar-refractivity contribution >= 4 is 11.5 Å². The molecule has 1 atom stereocenters. The molecule has 0 aliphatic carbocycles. The third-order valence-corrected chi connectivity index (χ3v) is 1.97. The van der Waals surface area contributed by atoms with Gasteiger partial charge in [-0.1, -0.05) is 0 Å². The number of anilines is 2. The Morgan fingerprint density at radius 1 is 1.71 bits per heavy atom.